The number of amidine groups is 1. The summed E-state index contributed by atoms with van der Waals surface area (Å²) in [7, 11) is 0. The molecule has 2 rings (SSSR count). The molecule has 122 valence electrons. The molecular weight excluding hydrogens is 300 g/mol. The van der Waals surface area contributed by atoms with E-state index in [1.54, 1.807) is 0 Å². The van der Waals surface area contributed by atoms with Crippen molar-refractivity contribution in [3.8, 4) is 0 Å². The van der Waals surface area contributed by atoms with E-state index in [0.717, 1.165) is 16.1 Å². The number of nitrogens with two attached hydrogens (primary N) is 3. The summed E-state index contributed by atoms with van der Waals surface area (Å²) in [6.07, 6.45) is 0. The molecule has 1 amide bonds. The third-order valence-corrected chi connectivity index (χ3v) is 3.09. The van der Waals surface area contributed by atoms with E-state index < -0.39 is 0 Å². The van der Waals surface area contributed by atoms with Gasteiger partial charge in [-0.2, -0.15) is 5.10 Å². The first-order valence-electron chi connectivity index (χ1n) is 6.68. The van der Waals surface area contributed by atoms with Gasteiger partial charge in [0.25, 0.3) is 0 Å². The quantitative estimate of drug-likeness (QED) is 0.258. The van der Waals surface area contributed by atoms with Gasteiger partial charge >= 0.3 is 0 Å². The van der Waals surface area contributed by atoms with Crippen molar-refractivity contribution in [1.29, 1.82) is 0 Å². The predicted octanol–water partition coefficient (Wildman–Crippen LogP) is -0.297. The first-order valence-corrected chi connectivity index (χ1v) is 6.68. The summed E-state index contributed by atoms with van der Waals surface area (Å²) in [5, 5.41) is 14.2. The van der Waals surface area contributed by atoms with Gasteiger partial charge in [-0.15, -0.1) is 0 Å². The first kappa shape index (κ1) is 16.2. The van der Waals surface area contributed by atoms with Gasteiger partial charge in [-0.05, 0) is 35.8 Å². The molecule has 0 saturated heterocycles. The number of aryl methyl sites for hydroxylation is 2. The molecule has 0 saturated carbocycles. The van der Waals surface area contributed by atoms with Crippen molar-refractivity contribution >= 4 is 23.2 Å². The average Bonchev–Trinajstić information content (AvgIpc) is 2.89. The van der Waals surface area contributed by atoms with E-state index in [1.165, 1.54) is 0 Å². The largest absolute Gasteiger partial charge is 0.379 e. The van der Waals surface area contributed by atoms with Crippen LogP contribution in [0, 0.1) is 13.8 Å². The van der Waals surface area contributed by atoms with Crippen LogP contribution >= 0.6 is 0 Å². The Morgan fingerprint density at radius 3 is 2.70 bits per heavy atom. The second-order valence-electron chi connectivity index (χ2n) is 4.95. The molecule has 7 N–H and O–H groups in total. The highest BCUT2D eigenvalue weighted by Gasteiger charge is 2.21. The van der Waals surface area contributed by atoms with E-state index in [9.17, 15) is 4.79 Å². The molecule has 10 heteroatoms. The Hall–Kier alpha value is -3.14. The predicted molar refractivity (Wildman–Crippen MR) is 84.9 cm³/mol. The molecule has 0 fully saturated rings. The molecule has 0 bridgehead atoms. The summed E-state index contributed by atoms with van der Waals surface area (Å²) < 4.78 is 4.46. The van der Waals surface area contributed by atoms with Crippen LogP contribution in [0.4, 0.5) is 11.5 Å². The number of amides is 1. The molecule has 0 atom stereocenters. The zero-order valence-electron chi connectivity index (χ0n) is 12.8. The second-order valence-corrected chi connectivity index (χ2v) is 4.95. The van der Waals surface area contributed by atoms with Gasteiger partial charge in [-0.3, -0.25) is 9.80 Å². The minimum atomic E-state index is -0.351. The fourth-order valence-corrected chi connectivity index (χ4v) is 2.00. The smallest absolute Gasteiger partial charge is 0.245 e. The number of benzene rings is 1. The number of carbonyl (C=O) groups excluding carboxylic acids is 1. The lowest BCUT2D eigenvalue weighted by Crippen LogP contribution is -2.44. The zero-order chi connectivity index (χ0) is 17.0. The van der Waals surface area contributed by atoms with Crippen LogP contribution in [-0.4, -0.2) is 33.6 Å². The van der Waals surface area contributed by atoms with Crippen LogP contribution in [0.5, 0.6) is 0 Å². The van der Waals surface area contributed by atoms with Gasteiger partial charge in [0.05, 0.1) is 0 Å². The fourth-order valence-electron chi connectivity index (χ4n) is 2.00. The van der Waals surface area contributed by atoms with E-state index in [0.29, 0.717) is 5.69 Å². The van der Waals surface area contributed by atoms with Crippen molar-refractivity contribution in [1.82, 2.24) is 15.3 Å². The monoisotopic (exact) mass is 318 g/mol. The molecule has 2 aromatic rings. The number of carbonyl (C=O) groups is 1. The topological polar surface area (TPSA) is 162 Å². The summed E-state index contributed by atoms with van der Waals surface area (Å²) in [6.45, 7) is 3.66. The average molecular weight is 318 g/mol. The minimum Gasteiger partial charge on any atom is -0.379 e. The van der Waals surface area contributed by atoms with E-state index in [-0.39, 0.29) is 29.8 Å². The van der Waals surface area contributed by atoms with Gasteiger partial charge < -0.3 is 16.9 Å². The number of hydrazine groups is 1. The van der Waals surface area contributed by atoms with E-state index >= 15 is 0 Å². The molecule has 1 aromatic heterocycles. The van der Waals surface area contributed by atoms with Crippen molar-refractivity contribution in [2.75, 3.05) is 17.6 Å². The van der Waals surface area contributed by atoms with Gasteiger partial charge in [-0.1, -0.05) is 17.7 Å². The van der Waals surface area contributed by atoms with Gasteiger partial charge in [0.2, 0.25) is 5.91 Å². The molecule has 0 aliphatic heterocycles. The number of hydrogen-bond acceptors (Lipinski definition) is 8. The number of nitrogens with zero attached hydrogens (tertiary/aromatic N) is 4. The molecule has 1 heterocycles. The lowest BCUT2D eigenvalue weighted by atomic mass is 10.1. The van der Waals surface area contributed by atoms with Crippen LogP contribution < -0.4 is 22.7 Å². The summed E-state index contributed by atoms with van der Waals surface area (Å²) >= 11 is 0. The molecule has 1 aromatic carbocycles. The van der Waals surface area contributed by atoms with Crippen LogP contribution in [0.2, 0.25) is 0 Å². The summed E-state index contributed by atoms with van der Waals surface area (Å²) in [6, 6.07) is 5.68. The van der Waals surface area contributed by atoms with Crippen LogP contribution in [0.15, 0.2) is 27.9 Å². The maximum Gasteiger partial charge on any atom is 0.245 e. The molecule has 0 unspecified atom stereocenters. The van der Waals surface area contributed by atoms with Crippen LogP contribution in [0.1, 0.15) is 16.8 Å². The van der Waals surface area contributed by atoms with Crippen molar-refractivity contribution in [3.63, 3.8) is 0 Å². The van der Waals surface area contributed by atoms with Crippen molar-refractivity contribution in [2.24, 2.45) is 16.8 Å². The van der Waals surface area contributed by atoms with Gasteiger partial charge in [0, 0.05) is 5.69 Å². The number of aromatic nitrogens is 2. The number of nitrogens with one attached hydrogen (secondary N) is 1. The molecule has 0 aliphatic carbocycles. The molecule has 10 nitrogen and oxygen atoms in total. The van der Waals surface area contributed by atoms with Gasteiger partial charge in [0.1, 0.15) is 6.54 Å². The molecule has 0 aliphatic rings. The highest BCUT2D eigenvalue weighted by Crippen LogP contribution is 2.16. The van der Waals surface area contributed by atoms with Gasteiger partial charge in [-0.25, -0.2) is 10.5 Å². The van der Waals surface area contributed by atoms with E-state index in [1.807, 2.05) is 32.0 Å². The minimum absolute atomic E-state index is 0.0143. The highest BCUT2D eigenvalue weighted by molar-refractivity contribution is 6.03. The van der Waals surface area contributed by atoms with Crippen LogP contribution in [0.25, 0.3) is 0 Å². The number of nitrogen functional groups attached to an aromatic ring is 1. The molecular formula is C13H18N8O2. The summed E-state index contributed by atoms with van der Waals surface area (Å²) in [5.74, 6) is 10.7. The maximum absolute atomic E-state index is 12.1. The van der Waals surface area contributed by atoms with E-state index in [4.69, 9.17) is 17.4 Å². The fraction of sp³-hybridized carbons (Fsp3) is 0.231. The first-order chi connectivity index (χ1) is 10.9. The maximum atomic E-state index is 12.1. The molecule has 0 radical (unpaired) electrons. The van der Waals surface area contributed by atoms with Crippen molar-refractivity contribution < 1.29 is 9.42 Å². The number of anilines is 2. The second kappa shape index (κ2) is 6.75. The van der Waals surface area contributed by atoms with Crippen molar-refractivity contribution in [3.05, 3.63) is 35.0 Å². The third-order valence-electron chi connectivity index (χ3n) is 3.09. The van der Waals surface area contributed by atoms with Crippen LogP contribution in [0.3, 0.4) is 0 Å². The Kier molecular flexibility index (Phi) is 4.76. The van der Waals surface area contributed by atoms with E-state index in [2.05, 4.69) is 25.4 Å². The summed E-state index contributed by atoms with van der Waals surface area (Å²) in [4.78, 5) is 12.1. The SMILES string of the molecule is Cc1ccc(NC(=O)CN(N)/C(=N\N)c2nonc2N)c(C)c1. The standard InChI is InChI=1S/C13H18N8O2/c1-7-3-4-9(8(2)5-7)17-10(22)6-21(16)13(18-15)11-12(14)20-23-19-11/h3-5H,6,15-16H2,1-2H3,(H2,14,20)(H,17,22)/b18-13-. The zero-order valence-corrected chi connectivity index (χ0v) is 12.8. The number of hydrazone groups is 1. The molecule has 23 heavy (non-hydrogen) atoms. The lowest BCUT2D eigenvalue weighted by Gasteiger charge is -2.18. The number of rotatable bonds is 4. The highest BCUT2D eigenvalue weighted by atomic mass is 16.6. The van der Waals surface area contributed by atoms with Gasteiger partial charge in [0.15, 0.2) is 17.3 Å². The Morgan fingerprint density at radius 1 is 1.39 bits per heavy atom. The van der Waals surface area contributed by atoms with Crippen LogP contribution in [-0.2, 0) is 4.79 Å². The summed E-state index contributed by atoms with van der Waals surface area (Å²) in [5.41, 5.74) is 8.37. The number of hydrogen-bond donors (Lipinski definition) is 4. The molecule has 0 spiro atoms. The Bertz CT molecular complexity index is 739. The normalized spacial score (nSPS) is 11.3. The third kappa shape index (κ3) is 3.74. The Labute approximate surface area is 132 Å². The Balaban J connectivity index is 2.06. The Morgan fingerprint density at radius 2 is 2.13 bits per heavy atom. The van der Waals surface area contributed by atoms with Crippen molar-refractivity contribution in [2.45, 2.75) is 13.8 Å². The lowest BCUT2D eigenvalue weighted by molar-refractivity contribution is -0.116.